The molecule has 3 atom stereocenters. The van der Waals surface area contributed by atoms with Gasteiger partial charge >= 0.3 is 6.09 Å². The largest absolute Gasteiger partial charge is 0.443 e. The molecule has 0 bridgehead atoms. The molecule has 0 spiro atoms. The highest BCUT2D eigenvalue weighted by Crippen LogP contribution is 2.38. The van der Waals surface area contributed by atoms with E-state index in [0.717, 1.165) is 11.3 Å². The van der Waals surface area contributed by atoms with Crippen LogP contribution in [0.1, 0.15) is 44.0 Å². The number of nitrogens with one attached hydrogen (secondary N) is 3. The zero-order valence-electron chi connectivity index (χ0n) is 16.5. The standard InChI is InChI=1S/C19H24FN7O2/c1-10(2)22-19(28)29-14-5-4-12(17(14)20)13-8-15(26-25-13)24-18-21-7-6-16-23-11(3)9-27(16)18/h6-10,12,14,17H,4-5H2,1-3H3,(H,22,28)(H2,21,24,25,26)/t12-,14-,17+/m1/s1. The molecular formula is C19H24FN7O2. The Hall–Kier alpha value is -3.17. The molecule has 4 rings (SSSR count). The van der Waals surface area contributed by atoms with Crippen LogP contribution in [0.3, 0.4) is 0 Å². The second-order valence-corrected chi connectivity index (χ2v) is 7.58. The number of halogens is 1. The molecule has 9 nitrogen and oxygen atoms in total. The van der Waals surface area contributed by atoms with Crippen molar-refractivity contribution in [2.45, 2.75) is 57.8 Å². The SMILES string of the molecule is Cc1cn2c(Nc3cc([C@H]4CC[C@@H](OC(=O)NC(C)C)[C@H]4F)[nH]n3)nccc2n1. The minimum absolute atomic E-state index is 0.0589. The van der Waals surface area contributed by atoms with Gasteiger partial charge in [-0.2, -0.15) is 5.10 Å². The van der Waals surface area contributed by atoms with Gasteiger partial charge < -0.3 is 15.4 Å². The van der Waals surface area contributed by atoms with Crippen LogP contribution in [0.4, 0.5) is 21.0 Å². The normalized spacial score (nSPS) is 21.6. The van der Waals surface area contributed by atoms with Crippen molar-refractivity contribution in [1.29, 1.82) is 0 Å². The fraction of sp³-hybridized carbons (Fsp3) is 0.474. The number of rotatable bonds is 5. The topological polar surface area (TPSA) is 109 Å². The summed E-state index contributed by atoms with van der Waals surface area (Å²) >= 11 is 0. The monoisotopic (exact) mass is 401 g/mol. The third kappa shape index (κ3) is 4.01. The van der Waals surface area contributed by atoms with Gasteiger partial charge in [-0.1, -0.05) is 0 Å². The van der Waals surface area contributed by atoms with Crippen molar-refractivity contribution in [3.8, 4) is 0 Å². The van der Waals surface area contributed by atoms with Gasteiger partial charge in [0, 0.05) is 36.1 Å². The average Bonchev–Trinajstić information content (AvgIpc) is 3.34. The number of anilines is 2. The van der Waals surface area contributed by atoms with Gasteiger partial charge in [-0.3, -0.25) is 9.50 Å². The Morgan fingerprint density at radius 3 is 3.03 bits per heavy atom. The van der Waals surface area contributed by atoms with Crippen molar-refractivity contribution >= 4 is 23.5 Å². The zero-order valence-corrected chi connectivity index (χ0v) is 16.5. The fourth-order valence-electron chi connectivity index (χ4n) is 3.62. The second-order valence-electron chi connectivity index (χ2n) is 7.58. The highest BCUT2D eigenvalue weighted by Gasteiger charge is 2.40. The number of alkyl halides is 1. The Morgan fingerprint density at radius 2 is 2.24 bits per heavy atom. The smallest absolute Gasteiger partial charge is 0.407 e. The van der Waals surface area contributed by atoms with E-state index in [2.05, 4.69) is 30.8 Å². The average molecular weight is 401 g/mol. The van der Waals surface area contributed by atoms with Crippen LogP contribution in [-0.4, -0.2) is 49.0 Å². The number of ether oxygens (including phenoxy) is 1. The Morgan fingerprint density at radius 1 is 1.41 bits per heavy atom. The van der Waals surface area contributed by atoms with Gasteiger partial charge in [0.2, 0.25) is 5.95 Å². The number of H-pyrrole nitrogens is 1. The van der Waals surface area contributed by atoms with E-state index in [9.17, 15) is 9.18 Å². The number of amides is 1. The summed E-state index contributed by atoms with van der Waals surface area (Å²) in [4.78, 5) is 20.5. The van der Waals surface area contributed by atoms with Crippen LogP contribution < -0.4 is 10.6 Å². The predicted molar refractivity (Wildman–Crippen MR) is 105 cm³/mol. The fourth-order valence-corrected chi connectivity index (χ4v) is 3.62. The lowest BCUT2D eigenvalue weighted by molar-refractivity contribution is 0.0555. The molecule has 0 saturated heterocycles. The first-order valence-electron chi connectivity index (χ1n) is 9.65. The number of aromatic amines is 1. The number of nitrogens with zero attached hydrogens (tertiary/aromatic N) is 4. The molecule has 0 aromatic carbocycles. The Labute approximate surface area is 167 Å². The van der Waals surface area contributed by atoms with Crippen LogP contribution in [0.5, 0.6) is 0 Å². The molecule has 10 heteroatoms. The molecular weight excluding hydrogens is 377 g/mol. The van der Waals surface area contributed by atoms with Crippen molar-refractivity contribution in [2.24, 2.45) is 0 Å². The van der Waals surface area contributed by atoms with E-state index in [0.29, 0.717) is 30.3 Å². The van der Waals surface area contributed by atoms with Crippen LogP contribution in [0.15, 0.2) is 24.5 Å². The van der Waals surface area contributed by atoms with Gasteiger partial charge in [0.15, 0.2) is 5.82 Å². The van der Waals surface area contributed by atoms with Crippen LogP contribution in [0.2, 0.25) is 0 Å². The number of hydrogen-bond acceptors (Lipinski definition) is 6. The zero-order chi connectivity index (χ0) is 20.5. The van der Waals surface area contributed by atoms with Crippen molar-refractivity contribution in [3.05, 3.63) is 35.9 Å². The quantitative estimate of drug-likeness (QED) is 0.606. The van der Waals surface area contributed by atoms with E-state index < -0.39 is 24.3 Å². The summed E-state index contributed by atoms with van der Waals surface area (Å²) in [6, 6.07) is 3.52. The van der Waals surface area contributed by atoms with Gasteiger partial charge in [0.05, 0.1) is 5.69 Å². The van der Waals surface area contributed by atoms with Gasteiger partial charge in [-0.15, -0.1) is 0 Å². The van der Waals surface area contributed by atoms with E-state index in [1.54, 1.807) is 12.3 Å². The summed E-state index contributed by atoms with van der Waals surface area (Å²) < 4.78 is 22.0. The van der Waals surface area contributed by atoms with Crippen molar-refractivity contribution in [2.75, 3.05) is 5.32 Å². The van der Waals surface area contributed by atoms with Gasteiger partial charge in [-0.05, 0) is 39.7 Å². The lowest BCUT2D eigenvalue weighted by atomic mass is 10.0. The van der Waals surface area contributed by atoms with Crippen molar-refractivity contribution in [3.63, 3.8) is 0 Å². The number of alkyl carbamates (subject to hydrolysis) is 1. The molecule has 0 unspecified atom stereocenters. The first-order chi connectivity index (χ1) is 13.9. The number of carbonyl (C=O) groups excluding carboxylic acids is 1. The van der Waals surface area contributed by atoms with E-state index in [-0.39, 0.29) is 6.04 Å². The number of fused-ring (bicyclic) bond motifs is 1. The summed E-state index contributed by atoms with van der Waals surface area (Å²) in [6.07, 6.45) is 1.93. The van der Waals surface area contributed by atoms with E-state index in [1.807, 2.05) is 37.4 Å². The first-order valence-corrected chi connectivity index (χ1v) is 9.65. The summed E-state index contributed by atoms with van der Waals surface area (Å²) in [7, 11) is 0. The van der Waals surface area contributed by atoms with Gasteiger partial charge in [-0.25, -0.2) is 19.2 Å². The van der Waals surface area contributed by atoms with Crippen molar-refractivity contribution in [1.82, 2.24) is 29.9 Å². The van der Waals surface area contributed by atoms with Crippen LogP contribution in [-0.2, 0) is 4.74 Å². The minimum Gasteiger partial charge on any atom is -0.443 e. The minimum atomic E-state index is -1.29. The maximum Gasteiger partial charge on any atom is 0.407 e. The Balaban J connectivity index is 1.44. The third-order valence-corrected chi connectivity index (χ3v) is 4.91. The molecule has 1 aliphatic rings. The maximum absolute atomic E-state index is 14.9. The molecule has 0 aliphatic heterocycles. The molecule has 1 saturated carbocycles. The molecule has 3 N–H and O–H groups in total. The van der Waals surface area contributed by atoms with E-state index >= 15 is 0 Å². The lowest BCUT2D eigenvalue weighted by Crippen LogP contribution is -2.36. The molecule has 154 valence electrons. The number of aryl methyl sites for hydroxylation is 1. The Kier molecular flexibility index (Phi) is 5.08. The van der Waals surface area contributed by atoms with E-state index in [4.69, 9.17) is 4.74 Å². The van der Waals surface area contributed by atoms with Gasteiger partial charge in [0.25, 0.3) is 0 Å². The summed E-state index contributed by atoms with van der Waals surface area (Å²) in [5.41, 5.74) is 2.31. The number of hydrogen-bond donors (Lipinski definition) is 3. The molecule has 1 fully saturated rings. The number of carbonyl (C=O) groups is 1. The summed E-state index contributed by atoms with van der Waals surface area (Å²) in [6.45, 7) is 5.56. The molecule has 0 radical (unpaired) electrons. The highest BCUT2D eigenvalue weighted by atomic mass is 19.1. The molecule has 29 heavy (non-hydrogen) atoms. The highest BCUT2D eigenvalue weighted by molar-refractivity contribution is 5.67. The van der Waals surface area contributed by atoms with Crippen LogP contribution in [0, 0.1) is 6.92 Å². The van der Waals surface area contributed by atoms with Crippen LogP contribution in [0.25, 0.3) is 5.65 Å². The predicted octanol–water partition coefficient (Wildman–Crippen LogP) is 3.22. The molecule has 1 aliphatic carbocycles. The first kappa shape index (κ1) is 19.2. The van der Waals surface area contributed by atoms with E-state index in [1.165, 1.54) is 0 Å². The summed E-state index contributed by atoms with van der Waals surface area (Å²) in [5.74, 6) is 0.686. The second kappa shape index (κ2) is 7.69. The van der Waals surface area contributed by atoms with Crippen molar-refractivity contribution < 1.29 is 13.9 Å². The number of aromatic nitrogens is 5. The van der Waals surface area contributed by atoms with Gasteiger partial charge in [0.1, 0.15) is 17.9 Å². The third-order valence-electron chi connectivity index (χ3n) is 4.91. The van der Waals surface area contributed by atoms with Crippen LogP contribution >= 0.6 is 0 Å². The molecule has 1 amide bonds. The summed E-state index contributed by atoms with van der Waals surface area (Å²) in [5, 5.41) is 12.9. The lowest BCUT2D eigenvalue weighted by Gasteiger charge is -2.18. The Bertz CT molecular complexity index is 1020. The molecule has 3 aromatic rings. The number of imidazole rings is 1. The maximum atomic E-state index is 14.9. The molecule has 3 heterocycles. The molecule has 3 aromatic heterocycles.